The zero-order valence-corrected chi connectivity index (χ0v) is 15.2. The van der Waals surface area contributed by atoms with E-state index in [0.717, 1.165) is 30.6 Å². The van der Waals surface area contributed by atoms with Gasteiger partial charge in [-0.15, -0.1) is 0 Å². The van der Waals surface area contributed by atoms with E-state index in [1.54, 1.807) is 31.4 Å². The minimum absolute atomic E-state index is 0.111. The molecule has 0 radical (unpaired) electrons. The maximum absolute atomic E-state index is 12.6. The van der Waals surface area contributed by atoms with Crippen LogP contribution in [0.1, 0.15) is 35.2 Å². The van der Waals surface area contributed by atoms with Crippen LogP contribution in [-0.4, -0.2) is 37.2 Å². The molecule has 0 aliphatic heterocycles. The first kappa shape index (κ1) is 18.8. The summed E-state index contributed by atoms with van der Waals surface area (Å²) in [6.45, 7) is 0.0778. The number of amides is 1. The number of methoxy groups -OCH3 is 1. The predicted molar refractivity (Wildman–Crippen MR) is 100 cm³/mol. The molecule has 2 aromatic rings. The van der Waals surface area contributed by atoms with Crippen molar-refractivity contribution in [3.05, 3.63) is 59.7 Å². The van der Waals surface area contributed by atoms with Crippen molar-refractivity contribution >= 4 is 11.9 Å². The summed E-state index contributed by atoms with van der Waals surface area (Å²) in [5.74, 6) is -0.0748. The molecular formula is C21H23NO5. The number of ether oxygens (including phenoxy) is 2. The van der Waals surface area contributed by atoms with Gasteiger partial charge >= 0.3 is 5.97 Å². The van der Waals surface area contributed by atoms with Crippen LogP contribution in [0.15, 0.2) is 48.5 Å². The number of nitrogens with one attached hydrogen (secondary N) is 1. The molecule has 2 aromatic carbocycles. The van der Waals surface area contributed by atoms with Gasteiger partial charge in [0.25, 0.3) is 5.91 Å². The number of hydrogen-bond donors (Lipinski definition) is 2. The lowest BCUT2D eigenvalue weighted by Gasteiger charge is -2.43. The summed E-state index contributed by atoms with van der Waals surface area (Å²) < 4.78 is 10.6. The van der Waals surface area contributed by atoms with E-state index in [2.05, 4.69) is 11.4 Å². The Kier molecular flexibility index (Phi) is 5.64. The molecule has 6 nitrogen and oxygen atoms in total. The predicted octanol–water partition coefficient (Wildman–Crippen LogP) is 3.01. The molecule has 0 bridgehead atoms. The van der Waals surface area contributed by atoms with Crippen LogP contribution in [0.4, 0.5) is 0 Å². The van der Waals surface area contributed by atoms with Crippen molar-refractivity contribution in [2.75, 3.05) is 20.3 Å². The Labute approximate surface area is 158 Å². The molecule has 1 aliphatic carbocycles. The van der Waals surface area contributed by atoms with Gasteiger partial charge in [0.05, 0.1) is 7.11 Å². The van der Waals surface area contributed by atoms with Crippen LogP contribution in [0.2, 0.25) is 0 Å². The molecule has 2 N–H and O–H groups in total. The third-order valence-electron chi connectivity index (χ3n) is 5.03. The van der Waals surface area contributed by atoms with Gasteiger partial charge in [-0.1, -0.05) is 30.7 Å². The summed E-state index contributed by atoms with van der Waals surface area (Å²) in [5, 5.41) is 11.7. The van der Waals surface area contributed by atoms with Crippen LogP contribution in [0, 0.1) is 0 Å². The number of benzene rings is 2. The summed E-state index contributed by atoms with van der Waals surface area (Å²) in [5.41, 5.74) is 1.45. The van der Waals surface area contributed by atoms with Gasteiger partial charge in [0.1, 0.15) is 11.5 Å². The van der Waals surface area contributed by atoms with Crippen LogP contribution in [0.3, 0.4) is 0 Å². The SMILES string of the molecule is COc1ccccc1C1(CNC(=O)c2cccc(OCC(=O)O)c2)CCC1. The number of carbonyl (C=O) groups is 2. The highest BCUT2D eigenvalue weighted by molar-refractivity contribution is 5.94. The Morgan fingerprint density at radius 3 is 2.59 bits per heavy atom. The minimum atomic E-state index is -1.06. The maximum Gasteiger partial charge on any atom is 0.341 e. The van der Waals surface area contributed by atoms with E-state index in [1.807, 2.05) is 18.2 Å². The number of carboxylic acid groups (broad SMARTS) is 1. The summed E-state index contributed by atoms with van der Waals surface area (Å²) in [4.78, 5) is 23.2. The number of aliphatic carboxylic acids is 1. The molecule has 0 heterocycles. The molecule has 0 unspecified atom stereocenters. The molecule has 0 aromatic heterocycles. The normalized spacial score (nSPS) is 14.7. The lowest BCUT2D eigenvalue weighted by Crippen LogP contribution is -2.45. The Morgan fingerprint density at radius 1 is 1.15 bits per heavy atom. The van der Waals surface area contributed by atoms with Gasteiger partial charge in [-0.3, -0.25) is 4.79 Å². The first-order valence-corrected chi connectivity index (χ1v) is 8.90. The Bertz CT molecular complexity index is 829. The molecule has 1 saturated carbocycles. The minimum Gasteiger partial charge on any atom is -0.496 e. The van der Waals surface area contributed by atoms with Gasteiger partial charge in [-0.2, -0.15) is 0 Å². The van der Waals surface area contributed by atoms with E-state index >= 15 is 0 Å². The highest BCUT2D eigenvalue weighted by Crippen LogP contribution is 2.46. The Balaban J connectivity index is 1.69. The molecule has 142 valence electrons. The van der Waals surface area contributed by atoms with E-state index in [9.17, 15) is 9.59 Å². The van der Waals surface area contributed by atoms with Crippen LogP contribution in [0.25, 0.3) is 0 Å². The molecule has 0 spiro atoms. The van der Waals surface area contributed by atoms with E-state index in [4.69, 9.17) is 14.6 Å². The van der Waals surface area contributed by atoms with E-state index in [0.29, 0.717) is 17.9 Å². The second kappa shape index (κ2) is 8.12. The highest BCUT2D eigenvalue weighted by Gasteiger charge is 2.40. The maximum atomic E-state index is 12.6. The van der Waals surface area contributed by atoms with Crippen molar-refractivity contribution < 1.29 is 24.2 Å². The Morgan fingerprint density at radius 2 is 1.93 bits per heavy atom. The van der Waals surface area contributed by atoms with Crippen molar-refractivity contribution in [3.63, 3.8) is 0 Å². The molecule has 27 heavy (non-hydrogen) atoms. The quantitative estimate of drug-likeness (QED) is 0.747. The highest BCUT2D eigenvalue weighted by atomic mass is 16.5. The number of hydrogen-bond acceptors (Lipinski definition) is 4. The van der Waals surface area contributed by atoms with Gasteiger partial charge in [0, 0.05) is 23.1 Å². The molecule has 0 atom stereocenters. The van der Waals surface area contributed by atoms with Crippen LogP contribution >= 0.6 is 0 Å². The molecule has 1 aliphatic rings. The van der Waals surface area contributed by atoms with Gasteiger partial charge in [-0.05, 0) is 37.1 Å². The molecule has 1 amide bonds. The standard InChI is InChI=1S/C21H23NO5/c1-26-18-9-3-2-8-17(18)21(10-5-11-21)14-22-20(25)15-6-4-7-16(12-15)27-13-19(23)24/h2-4,6-9,12H,5,10-11,13-14H2,1H3,(H,22,25)(H,23,24). The second-order valence-corrected chi connectivity index (χ2v) is 6.73. The zero-order valence-electron chi connectivity index (χ0n) is 15.2. The van der Waals surface area contributed by atoms with Crippen molar-refractivity contribution in [2.24, 2.45) is 0 Å². The van der Waals surface area contributed by atoms with Crippen molar-refractivity contribution in [3.8, 4) is 11.5 Å². The van der Waals surface area contributed by atoms with Crippen LogP contribution < -0.4 is 14.8 Å². The lowest BCUT2D eigenvalue weighted by molar-refractivity contribution is -0.139. The topological polar surface area (TPSA) is 84.9 Å². The fourth-order valence-corrected chi connectivity index (χ4v) is 3.45. The van der Waals surface area contributed by atoms with E-state index in [1.165, 1.54) is 0 Å². The average molecular weight is 369 g/mol. The largest absolute Gasteiger partial charge is 0.496 e. The van der Waals surface area contributed by atoms with E-state index in [-0.39, 0.29) is 11.3 Å². The molecular weight excluding hydrogens is 346 g/mol. The molecule has 0 saturated heterocycles. The van der Waals surface area contributed by atoms with Crippen LogP contribution in [-0.2, 0) is 10.2 Å². The number of carbonyl (C=O) groups excluding carboxylic acids is 1. The van der Waals surface area contributed by atoms with Gasteiger partial charge < -0.3 is 19.9 Å². The number of carboxylic acids is 1. The smallest absolute Gasteiger partial charge is 0.341 e. The fourth-order valence-electron chi connectivity index (χ4n) is 3.45. The van der Waals surface area contributed by atoms with Gasteiger partial charge in [-0.25, -0.2) is 4.79 Å². The van der Waals surface area contributed by atoms with Crippen LogP contribution in [0.5, 0.6) is 11.5 Å². The molecule has 1 fully saturated rings. The zero-order chi connectivity index (χ0) is 19.3. The third-order valence-corrected chi connectivity index (χ3v) is 5.03. The number of para-hydroxylation sites is 1. The summed E-state index contributed by atoms with van der Waals surface area (Å²) >= 11 is 0. The van der Waals surface area contributed by atoms with Gasteiger partial charge in [0.2, 0.25) is 0 Å². The van der Waals surface area contributed by atoms with Crippen molar-refractivity contribution in [1.82, 2.24) is 5.32 Å². The molecule has 3 rings (SSSR count). The second-order valence-electron chi connectivity index (χ2n) is 6.73. The third kappa shape index (κ3) is 4.22. The lowest BCUT2D eigenvalue weighted by atomic mass is 9.64. The summed E-state index contributed by atoms with van der Waals surface area (Å²) in [6, 6.07) is 14.5. The number of rotatable bonds is 8. The average Bonchev–Trinajstić information content (AvgIpc) is 2.66. The summed E-state index contributed by atoms with van der Waals surface area (Å²) in [7, 11) is 1.66. The first-order valence-electron chi connectivity index (χ1n) is 8.90. The van der Waals surface area contributed by atoms with Crippen molar-refractivity contribution in [1.29, 1.82) is 0 Å². The van der Waals surface area contributed by atoms with E-state index < -0.39 is 12.6 Å². The van der Waals surface area contributed by atoms with Crippen molar-refractivity contribution in [2.45, 2.75) is 24.7 Å². The Hall–Kier alpha value is -3.02. The monoisotopic (exact) mass is 369 g/mol. The summed E-state index contributed by atoms with van der Waals surface area (Å²) in [6.07, 6.45) is 3.11. The fraction of sp³-hybridized carbons (Fsp3) is 0.333. The first-order chi connectivity index (χ1) is 13.0. The van der Waals surface area contributed by atoms with Gasteiger partial charge in [0.15, 0.2) is 6.61 Å². The molecule has 6 heteroatoms.